The smallest absolute Gasteiger partial charge is 0.119 e. The van der Waals surface area contributed by atoms with Crippen molar-refractivity contribution in [3.63, 3.8) is 0 Å². The molecule has 17 heavy (non-hydrogen) atoms. The third-order valence-electron chi connectivity index (χ3n) is 3.77. The minimum Gasteiger partial charge on any atom is -0.497 e. The Hall–Kier alpha value is -1.06. The molecule has 0 amide bonds. The lowest BCUT2D eigenvalue weighted by molar-refractivity contribution is 0.253. The molecule has 1 aromatic carbocycles. The fourth-order valence-corrected chi connectivity index (χ4v) is 2.52. The Labute approximate surface area is 104 Å². The van der Waals surface area contributed by atoms with E-state index in [2.05, 4.69) is 30.0 Å². The van der Waals surface area contributed by atoms with Crippen molar-refractivity contribution < 1.29 is 4.74 Å². The van der Waals surface area contributed by atoms with Gasteiger partial charge in [-0.1, -0.05) is 12.1 Å². The molecule has 1 aromatic rings. The molecule has 1 aliphatic rings. The number of benzene rings is 1. The molecule has 1 saturated heterocycles. The lowest BCUT2D eigenvalue weighted by Crippen LogP contribution is -2.26. The number of hydrogen-bond donors (Lipinski definition) is 1. The summed E-state index contributed by atoms with van der Waals surface area (Å²) in [6.45, 7) is 5.34. The number of nitrogens with zero attached hydrogens (tertiary/aromatic N) is 1. The summed E-state index contributed by atoms with van der Waals surface area (Å²) < 4.78 is 5.27. The molecule has 0 spiro atoms. The Kier molecular flexibility index (Phi) is 4.02. The molecule has 3 heteroatoms. The van der Waals surface area contributed by atoms with E-state index in [0.29, 0.717) is 12.0 Å². The fourth-order valence-electron chi connectivity index (χ4n) is 2.52. The third kappa shape index (κ3) is 2.79. The van der Waals surface area contributed by atoms with Gasteiger partial charge in [-0.2, -0.15) is 0 Å². The van der Waals surface area contributed by atoms with E-state index in [4.69, 9.17) is 10.5 Å². The molecular weight excluding hydrogens is 212 g/mol. The Morgan fingerprint density at radius 3 is 3.00 bits per heavy atom. The molecule has 1 aliphatic heterocycles. The molecule has 0 bridgehead atoms. The highest BCUT2D eigenvalue weighted by atomic mass is 16.5. The van der Waals surface area contributed by atoms with Gasteiger partial charge in [-0.25, -0.2) is 0 Å². The van der Waals surface area contributed by atoms with Crippen molar-refractivity contribution in [3.8, 4) is 5.75 Å². The van der Waals surface area contributed by atoms with Crippen LogP contribution in [0, 0.1) is 5.92 Å². The molecular formula is C14H22N2O. The van der Waals surface area contributed by atoms with Gasteiger partial charge in [0, 0.05) is 12.6 Å². The second-order valence-electron chi connectivity index (χ2n) is 4.84. The Bertz CT molecular complexity index is 367. The molecule has 0 aromatic heterocycles. The number of ether oxygens (including phenoxy) is 1. The Morgan fingerprint density at radius 1 is 1.53 bits per heavy atom. The summed E-state index contributed by atoms with van der Waals surface area (Å²) in [5.41, 5.74) is 7.06. The molecule has 1 fully saturated rings. The van der Waals surface area contributed by atoms with E-state index in [9.17, 15) is 0 Å². The number of hydrogen-bond acceptors (Lipinski definition) is 3. The Morgan fingerprint density at radius 2 is 2.35 bits per heavy atom. The van der Waals surface area contributed by atoms with Crippen LogP contribution in [0.25, 0.3) is 0 Å². The third-order valence-corrected chi connectivity index (χ3v) is 3.77. The van der Waals surface area contributed by atoms with Crippen molar-refractivity contribution in [2.45, 2.75) is 19.4 Å². The van der Waals surface area contributed by atoms with Gasteiger partial charge in [0.25, 0.3) is 0 Å². The minimum absolute atomic E-state index is 0.446. The monoisotopic (exact) mass is 234 g/mol. The molecule has 2 unspecified atom stereocenters. The largest absolute Gasteiger partial charge is 0.497 e. The van der Waals surface area contributed by atoms with Crippen LogP contribution in [0.5, 0.6) is 5.75 Å². The fraction of sp³-hybridized carbons (Fsp3) is 0.571. The van der Waals surface area contributed by atoms with Crippen molar-refractivity contribution in [1.29, 1.82) is 0 Å². The van der Waals surface area contributed by atoms with Crippen molar-refractivity contribution >= 4 is 0 Å². The summed E-state index contributed by atoms with van der Waals surface area (Å²) in [6.07, 6.45) is 1.23. The van der Waals surface area contributed by atoms with E-state index >= 15 is 0 Å². The summed E-state index contributed by atoms with van der Waals surface area (Å²) in [4.78, 5) is 2.51. The van der Waals surface area contributed by atoms with Gasteiger partial charge < -0.3 is 10.5 Å². The van der Waals surface area contributed by atoms with Gasteiger partial charge in [-0.05, 0) is 50.0 Å². The Balaban J connectivity index is 2.06. The second-order valence-corrected chi connectivity index (χ2v) is 4.84. The van der Waals surface area contributed by atoms with Gasteiger partial charge in [-0.3, -0.25) is 4.90 Å². The van der Waals surface area contributed by atoms with Crippen LogP contribution in [-0.4, -0.2) is 31.6 Å². The van der Waals surface area contributed by atoms with Crippen LogP contribution in [-0.2, 0) is 0 Å². The zero-order chi connectivity index (χ0) is 12.3. The first-order chi connectivity index (χ1) is 8.24. The minimum atomic E-state index is 0.446. The van der Waals surface area contributed by atoms with Crippen LogP contribution >= 0.6 is 0 Å². The maximum absolute atomic E-state index is 5.73. The SMILES string of the molecule is COc1cccc(C(C)N2CCC(CN)C2)c1. The van der Waals surface area contributed by atoms with Crippen molar-refractivity contribution in [1.82, 2.24) is 4.90 Å². The van der Waals surface area contributed by atoms with Gasteiger partial charge in [0.05, 0.1) is 7.11 Å². The molecule has 0 radical (unpaired) electrons. The zero-order valence-electron chi connectivity index (χ0n) is 10.7. The molecule has 2 rings (SSSR count). The zero-order valence-corrected chi connectivity index (χ0v) is 10.7. The first kappa shape index (κ1) is 12.4. The molecule has 3 nitrogen and oxygen atoms in total. The molecule has 2 N–H and O–H groups in total. The van der Waals surface area contributed by atoms with Crippen LogP contribution in [0.15, 0.2) is 24.3 Å². The van der Waals surface area contributed by atoms with E-state index in [1.165, 1.54) is 12.0 Å². The molecule has 2 atom stereocenters. The average Bonchev–Trinajstić information content (AvgIpc) is 2.86. The quantitative estimate of drug-likeness (QED) is 0.866. The normalized spacial score (nSPS) is 22.6. The van der Waals surface area contributed by atoms with Crippen molar-refractivity contribution in [2.75, 3.05) is 26.7 Å². The van der Waals surface area contributed by atoms with Crippen LogP contribution in [0.2, 0.25) is 0 Å². The van der Waals surface area contributed by atoms with Gasteiger partial charge in [0.2, 0.25) is 0 Å². The summed E-state index contributed by atoms with van der Waals surface area (Å²) in [6, 6.07) is 8.79. The highest BCUT2D eigenvalue weighted by Gasteiger charge is 2.25. The van der Waals surface area contributed by atoms with Crippen LogP contribution in [0.4, 0.5) is 0 Å². The highest BCUT2D eigenvalue weighted by molar-refractivity contribution is 5.30. The van der Waals surface area contributed by atoms with E-state index in [0.717, 1.165) is 25.4 Å². The van der Waals surface area contributed by atoms with Crippen LogP contribution in [0.3, 0.4) is 0 Å². The number of methoxy groups -OCH3 is 1. The van der Waals surface area contributed by atoms with Gasteiger partial charge >= 0.3 is 0 Å². The first-order valence-corrected chi connectivity index (χ1v) is 6.32. The van der Waals surface area contributed by atoms with E-state index < -0.39 is 0 Å². The van der Waals surface area contributed by atoms with E-state index in [1.54, 1.807) is 7.11 Å². The maximum atomic E-state index is 5.73. The molecule has 0 saturated carbocycles. The number of rotatable bonds is 4. The van der Waals surface area contributed by atoms with Gasteiger partial charge in [0.1, 0.15) is 5.75 Å². The topological polar surface area (TPSA) is 38.5 Å². The molecule has 1 heterocycles. The lowest BCUT2D eigenvalue weighted by atomic mass is 10.1. The molecule has 0 aliphatic carbocycles. The van der Waals surface area contributed by atoms with Crippen molar-refractivity contribution in [3.05, 3.63) is 29.8 Å². The number of likely N-dealkylation sites (tertiary alicyclic amines) is 1. The van der Waals surface area contributed by atoms with Gasteiger partial charge in [-0.15, -0.1) is 0 Å². The average molecular weight is 234 g/mol. The van der Waals surface area contributed by atoms with Crippen molar-refractivity contribution in [2.24, 2.45) is 11.7 Å². The van der Waals surface area contributed by atoms with Crippen LogP contribution in [0.1, 0.15) is 24.9 Å². The maximum Gasteiger partial charge on any atom is 0.119 e. The summed E-state index contributed by atoms with van der Waals surface area (Å²) in [5.74, 6) is 1.60. The lowest BCUT2D eigenvalue weighted by Gasteiger charge is -2.25. The first-order valence-electron chi connectivity index (χ1n) is 6.32. The van der Waals surface area contributed by atoms with E-state index in [-0.39, 0.29) is 0 Å². The summed E-state index contributed by atoms with van der Waals surface area (Å²) in [5, 5.41) is 0. The second kappa shape index (κ2) is 5.52. The predicted octanol–water partition coefficient (Wildman–Crippen LogP) is 2.04. The molecule has 94 valence electrons. The number of nitrogens with two attached hydrogens (primary N) is 1. The summed E-state index contributed by atoms with van der Waals surface area (Å²) >= 11 is 0. The predicted molar refractivity (Wildman–Crippen MR) is 70.1 cm³/mol. The summed E-state index contributed by atoms with van der Waals surface area (Å²) in [7, 11) is 1.71. The standard InChI is InChI=1S/C14H22N2O/c1-11(16-7-6-12(9-15)10-16)13-4-3-5-14(8-13)17-2/h3-5,8,11-12H,6-7,9-10,15H2,1-2H3. The van der Waals surface area contributed by atoms with Crippen LogP contribution < -0.4 is 10.5 Å². The highest BCUT2D eigenvalue weighted by Crippen LogP contribution is 2.28. The van der Waals surface area contributed by atoms with E-state index in [1.807, 2.05) is 6.07 Å². The van der Waals surface area contributed by atoms with Gasteiger partial charge in [0.15, 0.2) is 0 Å².